The van der Waals surface area contributed by atoms with E-state index in [-0.39, 0.29) is 18.5 Å². The fourth-order valence-electron chi connectivity index (χ4n) is 3.26. The number of hydrogen-bond acceptors (Lipinski definition) is 2. The molecular weight excluding hydrogens is 335 g/mol. The number of allylic oxidation sites excluding steroid dienone is 1. The molecule has 3 atom stereocenters. The molecule has 24 heavy (non-hydrogen) atoms. The summed E-state index contributed by atoms with van der Waals surface area (Å²) in [5.41, 5.74) is 1.03. The summed E-state index contributed by atoms with van der Waals surface area (Å²) >= 11 is 5.89. The molecular formula is C17H18ClFN2O3. The van der Waals surface area contributed by atoms with Crippen molar-refractivity contribution < 1.29 is 19.1 Å². The molecule has 1 aromatic rings. The minimum atomic E-state index is -1.09. The summed E-state index contributed by atoms with van der Waals surface area (Å²) in [6, 6.07) is 6.04. The van der Waals surface area contributed by atoms with E-state index in [0.717, 1.165) is 6.42 Å². The third kappa shape index (κ3) is 3.24. The molecule has 0 bridgehead atoms. The third-order valence-corrected chi connectivity index (χ3v) is 4.95. The van der Waals surface area contributed by atoms with Gasteiger partial charge in [-0.15, -0.1) is 0 Å². The Kier molecular flexibility index (Phi) is 4.49. The number of nitrogens with zero attached hydrogens (tertiary/aromatic N) is 1. The van der Waals surface area contributed by atoms with Gasteiger partial charge >= 0.3 is 6.09 Å². The van der Waals surface area contributed by atoms with Crippen molar-refractivity contribution in [1.82, 2.24) is 10.2 Å². The number of amides is 2. The maximum absolute atomic E-state index is 14.3. The van der Waals surface area contributed by atoms with Crippen molar-refractivity contribution in [3.05, 3.63) is 40.7 Å². The van der Waals surface area contributed by atoms with Crippen LogP contribution in [0.15, 0.2) is 30.1 Å². The van der Waals surface area contributed by atoms with Crippen molar-refractivity contribution in [1.29, 1.82) is 0 Å². The van der Waals surface area contributed by atoms with Crippen molar-refractivity contribution in [3.8, 4) is 0 Å². The number of benzene rings is 1. The Morgan fingerprint density at radius 1 is 1.42 bits per heavy atom. The van der Waals surface area contributed by atoms with Gasteiger partial charge in [0.15, 0.2) is 0 Å². The molecule has 128 valence electrons. The summed E-state index contributed by atoms with van der Waals surface area (Å²) in [7, 11) is 0. The monoisotopic (exact) mass is 352 g/mol. The first kappa shape index (κ1) is 16.8. The number of nitrogens with one attached hydrogen (secondary N) is 1. The highest BCUT2D eigenvalue weighted by Crippen LogP contribution is 2.47. The van der Waals surface area contributed by atoms with Crippen molar-refractivity contribution in [2.45, 2.75) is 31.8 Å². The SMILES string of the molecule is CC(=C(F)CNC(=O)[C@@H]1C[C@H]2C[C@H]2N1C(=O)O)c1cccc(Cl)c1. The Morgan fingerprint density at radius 2 is 2.17 bits per heavy atom. The van der Waals surface area contributed by atoms with Crippen LogP contribution in [0, 0.1) is 5.92 Å². The van der Waals surface area contributed by atoms with Gasteiger partial charge in [-0.2, -0.15) is 0 Å². The van der Waals surface area contributed by atoms with Gasteiger partial charge in [0.1, 0.15) is 11.9 Å². The Morgan fingerprint density at radius 3 is 2.83 bits per heavy atom. The summed E-state index contributed by atoms with van der Waals surface area (Å²) in [6.07, 6.45) is 0.242. The standard InChI is InChI=1S/C17H18ClFN2O3/c1-9(10-3-2-4-12(18)5-10)13(19)8-20-16(22)15-7-11-6-14(11)21(15)17(23)24/h2-5,11,14-15H,6-8H2,1H3,(H,20,22)(H,23,24)/t11-,14-,15+/m1/s1. The van der Waals surface area contributed by atoms with E-state index in [9.17, 15) is 19.1 Å². The molecule has 0 aromatic heterocycles. The first-order valence-corrected chi connectivity index (χ1v) is 8.16. The van der Waals surface area contributed by atoms with Crippen molar-refractivity contribution in [2.75, 3.05) is 6.54 Å². The maximum Gasteiger partial charge on any atom is 0.408 e. The minimum Gasteiger partial charge on any atom is -0.465 e. The van der Waals surface area contributed by atoms with Gasteiger partial charge in [-0.25, -0.2) is 9.18 Å². The second kappa shape index (κ2) is 6.43. The number of halogens is 2. The van der Waals surface area contributed by atoms with Crippen molar-refractivity contribution in [2.24, 2.45) is 5.92 Å². The zero-order valence-electron chi connectivity index (χ0n) is 13.1. The number of fused-ring (bicyclic) bond motifs is 1. The predicted octanol–water partition coefficient (Wildman–Crippen LogP) is 3.30. The van der Waals surface area contributed by atoms with Gasteiger partial charge < -0.3 is 10.4 Å². The molecule has 7 heteroatoms. The molecule has 1 aliphatic heterocycles. The van der Waals surface area contributed by atoms with Crippen LogP contribution in [0.3, 0.4) is 0 Å². The Bertz CT molecular complexity index is 722. The van der Waals surface area contributed by atoms with Crippen LogP contribution in [0.5, 0.6) is 0 Å². The minimum absolute atomic E-state index is 0.0492. The quantitative estimate of drug-likeness (QED) is 0.873. The van der Waals surface area contributed by atoms with Gasteiger partial charge in [0.2, 0.25) is 5.91 Å². The summed E-state index contributed by atoms with van der Waals surface area (Å²) in [4.78, 5) is 24.7. The smallest absolute Gasteiger partial charge is 0.408 e. The summed E-state index contributed by atoms with van der Waals surface area (Å²) in [5, 5.41) is 12.2. The van der Waals surface area contributed by atoms with E-state index in [2.05, 4.69) is 5.32 Å². The van der Waals surface area contributed by atoms with Crippen molar-refractivity contribution >= 4 is 29.2 Å². The molecule has 0 unspecified atom stereocenters. The van der Waals surface area contributed by atoms with E-state index >= 15 is 0 Å². The van der Waals surface area contributed by atoms with E-state index in [1.807, 2.05) is 0 Å². The largest absolute Gasteiger partial charge is 0.465 e. The first-order chi connectivity index (χ1) is 11.4. The number of carbonyl (C=O) groups excluding carboxylic acids is 1. The van der Waals surface area contributed by atoms with Gasteiger partial charge in [0.25, 0.3) is 0 Å². The maximum atomic E-state index is 14.3. The van der Waals surface area contributed by atoms with Crippen LogP contribution in [0.4, 0.5) is 9.18 Å². The summed E-state index contributed by atoms with van der Waals surface area (Å²) < 4.78 is 14.3. The molecule has 0 spiro atoms. The second-order valence-corrected chi connectivity index (χ2v) is 6.70. The highest BCUT2D eigenvalue weighted by atomic mass is 35.5. The van der Waals surface area contributed by atoms with Crippen LogP contribution in [-0.4, -0.2) is 40.6 Å². The van der Waals surface area contributed by atoms with Gasteiger partial charge in [-0.1, -0.05) is 23.7 Å². The molecule has 1 saturated heterocycles. The molecule has 1 heterocycles. The molecule has 5 nitrogen and oxygen atoms in total. The molecule has 1 saturated carbocycles. The Hall–Kier alpha value is -2.08. The fraction of sp³-hybridized carbons (Fsp3) is 0.412. The molecule has 3 rings (SSSR count). The summed E-state index contributed by atoms with van der Waals surface area (Å²) in [6.45, 7) is 1.35. The number of rotatable bonds is 4. The average molecular weight is 353 g/mol. The lowest BCUT2D eigenvalue weighted by Gasteiger charge is -2.23. The van der Waals surface area contributed by atoms with Gasteiger partial charge in [0, 0.05) is 11.1 Å². The molecule has 2 aliphatic rings. The van der Waals surface area contributed by atoms with Crippen LogP contribution in [0.1, 0.15) is 25.3 Å². The molecule has 2 fully saturated rings. The molecule has 1 aliphatic carbocycles. The fourth-order valence-corrected chi connectivity index (χ4v) is 3.45. The molecule has 1 aromatic carbocycles. The Balaban J connectivity index is 1.63. The van der Waals surface area contributed by atoms with E-state index in [4.69, 9.17) is 11.6 Å². The van der Waals surface area contributed by atoms with Gasteiger partial charge in [0.05, 0.1) is 6.54 Å². The van der Waals surface area contributed by atoms with E-state index in [1.165, 1.54) is 4.90 Å². The van der Waals surface area contributed by atoms with Crippen molar-refractivity contribution in [3.63, 3.8) is 0 Å². The Labute approximate surface area is 144 Å². The second-order valence-electron chi connectivity index (χ2n) is 6.26. The highest BCUT2D eigenvalue weighted by Gasteiger charge is 2.56. The van der Waals surface area contributed by atoms with E-state index in [0.29, 0.717) is 22.6 Å². The lowest BCUT2D eigenvalue weighted by atomic mass is 10.1. The normalized spacial score (nSPS) is 25.8. The van der Waals surface area contributed by atoms with Crippen LogP contribution in [0.2, 0.25) is 5.02 Å². The molecule has 2 amide bonds. The topological polar surface area (TPSA) is 69.6 Å². The zero-order valence-corrected chi connectivity index (χ0v) is 13.9. The van der Waals surface area contributed by atoms with Gasteiger partial charge in [-0.3, -0.25) is 9.69 Å². The van der Waals surface area contributed by atoms with Crippen LogP contribution >= 0.6 is 11.6 Å². The van der Waals surface area contributed by atoms with Crippen LogP contribution in [-0.2, 0) is 4.79 Å². The first-order valence-electron chi connectivity index (χ1n) is 7.78. The van der Waals surface area contributed by atoms with Crippen LogP contribution < -0.4 is 5.32 Å². The number of piperidine rings is 1. The molecule has 2 N–H and O–H groups in total. The predicted molar refractivity (Wildman–Crippen MR) is 88.3 cm³/mol. The zero-order chi connectivity index (χ0) is 17.4. The lowest BCUT2D eigenvalue weighted by Crippen LogP contribution is -2.47. The number of likely N-dealkylation sites (tertiary alicyclic amines) is 1. The van der Waals surface area contributed by atoms with E-state index < -0.39 is 23.9 Å². The molecule has 0 radical (unpaired) electrons. The van der Waals surface area contributed by atoms with Crippen LogP contribution in [0.25, 0.3) is 5.57 Å². The van der Waals surface area contributed by atoms with Gasteiger partial charge in [-0.05, 0) is 49.0 Å². The van der Waals surface area contributed by atoms with E-state index in [1.54, 1.807) is 31.2 Å². The number of hydrogen-bond donors (Lipinski definition) is 2. The lowest BCUT2D eigenvalue weighted by molar-refractivity contribution is -0.125. The average Bonchev–Trinajstić information content (AvgIpc) is 3.20. The number of carboxylic acid groups (broad SMARTS) is 1. The third-order valence-electron chi connectivity index (χ3n) is 4.71. The number of carbonyl (C=O) groups is 2. The summed E-state index contributed by atoms with van der Waals surface area (Å²) in [5.74, 6) is -0.653. The highest BCUT2D eigenvalue weighted by molar-refractivity contribution is 6.30.